The predicted octanol–water partition coefficient (Wildman–Crippen LogP) is 5.71. The van der Waals surface area contributed by atoms with Crippen LogP contribution in [0.25, 0.3) is 0 Å². The van der Waals surface area contributed by atoms with Crippen LogP contribution in [0.4, 0.5) is 0 Å². The molecule has 0 spiro atoms. The maximum absolute atomic E-state index is 10.2. The Morgan fingerprint density at radius 3 is 2.18 bits per heavy atom. The highest BCUT2D eigenvalue weighted by Crippen LogP contribution is 2.70. The van der Waals surface area contributed by atoms with Gasteiger partial charge in [-0.05, 0) is 72.3 Å². The van der Waals surface area contributed by atoms with Crippen LogP contribution < -0.4 is 4.74 Å². The molecule has 3 nitrogen and oxygen atoms in total. The highest BCUT2D eigenvalue weighted by Gasteiger charge is 2.61. The lowest BCUT2D eigenvalue weighted by Crippen LogP contribution is -2.57. The molecule has 0 aromatic heterocycles. The number of hydrogen-bond acceptors (Lipinski definition) is 3. The molecule has 2 unspecified atom stereocenters. The minimum atomic E-state index is 0.00398. The maximum atomic E-state index is 10.2. The van der Waals surface area contributed by atoms with Crippen molar-refractivity contribution in [2.45, 2.75) is 90.6 Å². The van der Waals surface area contributed by atoms with Crippen molar-refractivity contribution in [2.75, 3.05) is 13.9 Å². The molecular weight excluding hydrogens is 348 g/mol. The molecule has 1 aromatic rings. The van der Waals surface area contributed by atoms with Crippen LogP contribution in [0.15, 0.2) is 12.1 Å². The van der Waals surface area contributed by atoms with Crippen LogP contribution in [0.1, 0.15) is 89.8 Å². The Kier molecular flexibility index (Phi) is 4.67. The first-order valence-corrected chi connectivity index (χ1v) is 10.9. The van der Waals surface area contributed by atoms with Gasteiger partial charge in [-0.3, -0.25) is 0 Å². The van der Waals surface area contributed by atoms with Gasteiger partial charge in [-0.25, -0.2) is 0 Å². The quantitative estimate of drug-likeness (QED) is 0.659. The fourth-order valence-corrected chi connectivity index (χ4v) is 7.67. The molecular formula is C25H38O3. The molecule has 0 saturated heterocycles. The molecule has 0 heterocycles. The summed E-state index contributed by atoms with van der Waals surface area (Å²) in [5.41, 5.74) is 4.61. The third-order valence-corrected chi connectivity index (χ3v) is 7.72. The smallest absolute Gasteiger partial charge is 0.188 e. The van der Waals surface area contributed by atoms with Crippen molar-refractivity contribution >= 4 is 0 Å². The fraction of sp³-hybridized carbons (Fsp3) is 0.760. The van der Waals surface area contributed by atoms with Gasteiger partial charge in [-0.2, -0.15) is 0 Å². The van der Waals surface area contributed by atoms with Crippen molar-refractivity contribution < 1.29 is 14.6 Å². The van der Waals surface area contributed by atoms with E-state index in [-0.39, 0.29) is 24.2 Å². The van der Waals surface area contributed by atoms with Crippen molar-refractivity contribution in [2.24, 2.45) is 16.7 Å². The summed E-state index contributed by atoms with van der Waals surface area (Å²) < 4.78 is 11.4. The van der Waals surface area contributed by atoms with Crippen molar-refractivity contribution in [1.29, 1.82) is 0 Å². The van der Waals surface area contributed by atoms with Crippen molar-refractivity contribution in [3.8, 4) is 5.75 Å². The Bertz CT molecular complexity index is 742. The standard InChI is InChI=1S/C25H38O3/c1-22(2,3)19-7-18(12-26)21(28-16-27-6)20(8-19)25-11-17-9-23(4,14-25)13-24(5,10-17)15-25/h7-8,17,26H,9-16H2,1-6H3. The van der Waals surface area contributed by atoms with Gasteiger partial charge in [0.2, 0.25) is 0 Å². The first-order valence-electron chi connectivity index (χ1n) is 10.9. The van der Waals surface area contributed by atoms with Crippen LogP contribution in [-0.2, 0) is 22.2 Å². The normalized spacial score (nSPS) is 36.8. The minimum absolute atomic E-state index is 0.00398. The summed E-state index contributed by atoms with van der Waals surface area (Å²) in [6.07, 6.45) is 7.87. The molecule has 2 atom stereocenters. The Morgan fingerprint density at radius 2 is 1.68 bits per heavy atom. The maximum Gasteiger partial charge on any atom is 0.188 e. The molecule has 4 bridgehead atoms. The van der Waals surface area contributed by atoms with E-state index < -0.39 is 0 Å². The predicted molar refractivity (Wildman–Crippen MR) is 113 cm³/mol. The van der Waals surface area contributed by atoms with Crippen LogP contribution in [0.2, 0.25) is 0 Å². The second-order valence-corrected chi connectivity index (χ2v) is 11.9. The Labute approximate surface area is 170 Å². The molecule has 4 saturated carbocycles. The Hall–Kier alpha value is -1.06. The van der Waals surface area contributed by atoms with E-state index in [1.54, 1.807) is 7.11 Å². The van der Waals surface area contributed by atoms with Crippen LogP contribution in [-0.4, -0.2) is 19.0 Å². The lowest BCUT2D eigenvalue weighted by molar-refractivity contribution is -0.110. The summed E-state index contributed by atoms with van der Waals surface area (Å²) in [7, 11) is 1.66. The van der Waals surface area contributed by atoms with Gasteiger partial charge in [0.05, 0.1) is 6.61 Å². The molecule has 3 heteroatoms. The molecule has 4 fully saturated rings. The van der Waals surface area contributed by atoms with E-state index in [0.717, 1.165) is 17.2 Å². The average Bonchev–Trinajstić information content (AvgIpc) is 2.55. The highest BCUT2D eigenvalue weighted by molar-refractivity contribution is 5.51. The first-order chi connectivity index (χ1) is 13.0. The zero-order valence-corrected chi connectivity index (χ0v) is 18.7. The van der Waals surface area contributed by atoms with Gasteiger partial charge in [-0.15, -0.1) is 0 Å². The minimum Gasteiger partial charge on any atom is -0.467 e. The number of hydrogen-bond donors (Lipinski definition) is 1. The van der Waals surface area contributed by atoms with E-state index in [4.69, 9.17) is 9.47 Å². The molecule has 0 radical (unpaired) electrons. The van der Waals surface area contributed by atoms with Crippen LogP contribution in [0.3, 0.4) is 0 Å². The van der Waals surface area contributed by atoms with Crippen LogP contribution in [0, 0.1) is 16.7 Å². The lowest BCUT2D eigenvalue weighted by atomic mass is 9.39. The monoisotopic (exact) mass is 386 g/mol. The number of methoxy groups -OCH3 is 1. The number of aliphatic hydroxyl groups is 1. The van der Waals surface area contributed by atoms with E-state index in [2.05, 4.69) is 46.8 Å². The largest absolute Gasteiger partial charge is 0.467 e. The molecule has 0 amide bonds. The lowest BCUT2D eigenvalue weighted by Gasteiger charge is -2.65. The van der Waals surface area contributed by atoms with Crippen LogP contribution >= 0.6 is 0 Å². The van der Waals surface area contributed by atoms with Gasteiger partial charge in [0.15, 0.2) is 6.79 Å². The third-order valence-electron chi connectivity index (χ3n) is 7.72. The van der Waals surface area contributed by atoms with Gasteiger partial charge < -0.3 is 14.6 Å². The second kappa shape index (κ2) is 6.47. The van der Waals surface area contributed by atoms with E-state index in [9.17, 15) is 5.11 Å². The number of rotatable bonds is 5. The zero-order valence-electron chi connectivity index (χ0n) is 18.7. The Balaban J connectivity index is 1.90. The third kappa shape index (κ3) is 3.29. The summed E-state index contributed by atoms with van der Waals surface area (Å²) in [6.45, 7) is 12.0. The summed E-state index contributed by atoms with van der Waals surface area (Å²) >= 11 is 0. The topological polar surface area (TPSA) is 38.7 Å². The van der Waals surface area contributed by atoms with Gasteiger partial charge in [0.1, 0.15) is 5.75 Å². The summed E-state index contributed by atoms with van der Waals surface area (Å²) in [5, 5.41) is 10.2. The van der Waals surface area contributed by atoms with Crippen molar-refractivity contribution in [3.63, 3.8) is 0 Å². The van der Waals surface area contributed by atoms with Gasteiger partial charge in [0.25, 0.3) is 0 Å². The van der Waals surface area contributed by atoms with Crippen molar-refractivity contribution in [1.82, 2.24) is 0 Å². The van der Waals surface area contributed by atoms with E-state index in [1.807, 2.05) is 0 Å². The van der Waals surface area contributed by atoms with E-state index >= 15 is 0 Å². The molecule has 1 N–H and O–H groups in total. The number of benzene rings is 1. The highest BCUT2D eigenvalue weighted by atomic mass is 16.7. The average molecular weight is 387 g/mol. The number of aliphatic hydroxyl groups excluding tert-OH is 1. The molecule has 4 aliphatic rings. The first kappa shape index (κ1) is 20.2. The molecule has 156 valence electrons. The van der Waals surface area contributed by atoms with Crippen molar-refractivity contribution in [3.05, 3.63) is 28.8 Å². The number of ether oxygens (including phenoxy) is 2. The SMILES string of the molecule is COCOc1c(CO)cc(C(C)(C)C)cc1C12CC3CC(C)(CC(C)(C3)C1)C2. The summed E-state index contributed by atoms with van der Waals surface area (Å²) in [6, 6.07) is 4.54. The van der Waals surface area contributed by atoms with E-state index in [0.29, 0.717) is 10.8 Å². The fourth-order valence-electron chi connectivity index (χ4n) is 7.67. The molecule has 1 aromatic carbocycles. The second-order valence-electron chi connectivity index (χ2n) is 11.9. The zero-order chi connectivity index (χ0) is 20.4. The van der Waals surface area contributed by atoms with E-state index in [1.165, 1.54) is 49.7 Å². The van der Waals surface area contributed by atoms with Gasteiger partial charge in [0, 0.05) is 23.7 Å². The molecule has 0 aliphatic heterocycles. The Morgan fingerprint density at radius 1 is 1.04 bits per heavy atom. The molecule has 5 rings (SSSR count). The van der Waals surface area contributed by atoms with Crippen LogP contribution in [0.5, 0.6) is 5.75 Å². The van der Waals surface area contributed by atoms with Gasteiger partial charge >= 0.3 is 0 Å². The van der Waals surface area contributed by atoms with Gasteiger partial charge in [-0.1, -0.05) is 40.7 Å². The molecule has 28 heavy (non-hydrogen) atoms. The summed E-state index contributed by atoms with van der Waals surface area (Å²) in [5.74, 6) is 1.70. The molecule has 4 aliphatic carbocycles. The summed E-state index contributed by atoms with van der Waals surface area (Å²) in [4.78, 5) is 0.